The topological polar surface area (TPSA) is 59.8 Å². The van der Waals surface area contributed by atoms with E-state index < -0.39 is 5.82 Å². The molecular weight excluding hydrogens is 351 g/mol. The predicted molar refractivity (Wildman–Crippen MR) is 92.9 cm³/mol. The fourth-order valence-corrected chi connectivity index (χ4v) is 3.69. The van der Waals surface area contributed by atoms with E-state index in [1.807, 2.05) is 0 Å². The number of fused-ring (bicyclic) bond motifs is 1. The van der Waals surface area contributed by atoms with Crippen molar-refractivity contribution in [3.63, 3.8) is 0 Å². The molecule has 0 saturated heterocycles. The van der Waals surface area contributed by atoms with Gasteiger partial charge in [0.05, 0.1) is 16.0 Å². The molecule has 24 heavy (non-hydrogen) atoms. The minimum Gasteiger partial charge on any atom is -0.324 e. The molecule has 1 aromatic carbocycles. The van der Waals surface area contributed by atoms with Crippen molar-refractivity contribution < 1.29 is 9.18 Å². The van der Waals surface area contributed by atoms with E-state index in [9.17, 15) is 9.18 Å². The van der Waals surface area contributed by atoms with Crippen LogP contribution >= 0.6 is 23.4 Å². The Morgan fingerprint density at radius 2 is 2.21 bits per heavy atom. The third kappa shape index (κ3) is 3.89. The van der Waals surface area contributed by atoms with Gasteiger partial charge in [-0.05, 0) is 38.0 Å². The van der Waals surface area contributed by atoms with Crippen molar-refractivity contribution in [2.45, 2.75) is 49.6 Å². The highest BCUT2D eigenvalue weighted by atomic mass is 35.5. The number of benzene rings is 1. The zero-order valence-corrected chi connectivity index (χ0v) is 14.8. The van der Waals surface area contributed by atoms with Crippen molar-refractivity contribution in [2.24, 2.45) is 0 Å². The number of carbonyl (C=O) groups is 1. The SMILES string of the molecule is C[C@@H](Sc1nnc2n1CCCCC2)C(=O)Nc1ccc(F)cc1Cl. The summed E-state index contributed by atoms with van der Waals surface area (Å²) >= 11 is 7.32. The molecule has 5 nitrogen and oxygen atoms in total. The quantitative estimate of drug-likeness (QED) is 0.831. The van der Waals surface area contributed by atoms with E-state index in [4.69, 9.17) is 11.6 Å². The van der Waals surface area contributed by atoms with Crippen molar-refractivity contribution in [3.8, 4) is 0 Å². The molecule has 1 aliphatic rings. The third-order valence-corrected chi connectivity index (χ3v) is 5.31. The van der Waals surface area contributed by atoms with Crippen LogP contribution in [0, 0.1) is 5.82 Å². The molecule has 0 aliphatic carbocycles. The number of amides is 1. The molecule has 2 aromatic rings. The van der Waals surface area contributed by atoms with Crippen molar-refractivity contribution >= 4 is 35.0 Å². The van der Waals surface area contributed by atoms with Crippen LogP contribution < -0.4 is 5.32 Å². The second-order valence-corrected chi connectivity index (χ2v) is 7.45. The molecule has 1 aliphatic heterocycles. The number of halogens is 2. The van der Waals surface area contributed by atoms with Gasteiger partial charge in [0, 0.05) is 13.0 Å². The molecule has 2 heterocycles. The molecule has 1 aromatic heterocycles. The van der Waals surface area contributed by atoms with Crippen molar-refractivity contribution in [1.29, 1.82) is 0 Å². The lowest BCUT2D eigenvalue weighted by Crippen LogP contribution is -2.23. The lowest BCUT2D eigenvalue weighted by atomic mass is 10.2. The van der Waals surface area contributed by atoms with E-state index >= 15 is 0 Å². The van der Waals surface area contributed by atoms with E-state index in [1.165, 1.54) is 36.4 Å². The van der Waals surface area contributed by atoms with Gasteiger partial charge >= 0.3 is 0 Å². The Kier molecular flexibility index (Phi) is 5.40. The fraction of sp³-hybridized carbons (Fsp3) is 0.438. The van der Waals surface area contributed by atoms with E-state index in [0.29, 0.717) is 5.69 Å². The highest BCUT2D eigenvalue weighted by Gasteiger charge is 2.21. The van der Waals surface area contributed by atoms with Gasteiger partial charge < -0.3 is 9.88 Å². The van der Waals surface area contributed by atoms with Gasteiger partial charge in [0.15, 0.2) is 5.16 Å². The number of anilines is 1. The first-order chi connectivity index (χ1) is 11.5. The van der Waals surface area contributed by atoms with Crippen LogP contribution in [0.2, 0.25) is 5.02 Å². The highest BCUT2D eigenvalue weighted by Crippen LogP contribution is 2.27. The van der Waals surface area contributed by atoms with Crippen LogP contribution in [0.15, 0.2) is 23.4 Å². The molecule has 0 bridgehead atoms. The summed E-state index contributed by atoms with van der Waals surface area (Å²) < 4.78 is 15.2. The standard InChI is InChI=1S/C16H18ClFN4OS/c1-10(15(23)19-13-7-6-11(18)9-12(13)17)24-16-21-20-14-5-3-2-4-8-22(14)16/h6-7,9-10H,2-5,8H2,1H3,(H,19,23)/t10-/m1/s1. The van der Waals surface area contributed by atoms with Crippen LogP contribution in [-0.4, -0.2) is 25.9 Å². The molecule has 8 heteroatoms. The van der Waals surface area contributed by atoms with Gasteiger partial charge in [-0.2, -0.15) is 0 Å². The molecule has 0 unspecified atom stereocenters. The molecule has 0 spiro atoms. The van der Waals surface area contributed by atoms with Crippen molar-refractivity contribution in [1.82, 2.24) is 14.8 Å². The monoisotopic (exact) mass is 368 g/mol. The third-order valence-electron chi connectivity index (χ3n) is 3.92. The molecule has 1 N–H and O–H groups in total. The van der Waals surface area contributed by atoms with Gasteiger partial charge in [-0.25, -0.2) is 4.39 Å². The number of hydrogen-bond acceptors (Lipinski definition) is 4. The summed E-state index contributed by atoms with van der Waals surface area (Å²) in [6, 6.07) is 3.89. The summed E-state index contributed by atoms with van der Waals surface area (Å²) in [6.07, 6.45) is 4.35. The van der Waals surface area contributed by atoms with Gasteiger partial charge in [-0.3, -0.25) is 4.79 Å². The van der Waals surface area contributed by atoms with Crippen LogP contribution in [0.5, 0.6) is 0 Å². The van der Waals surface area contributed by atoms with Gasteiger partial charge in [0.2, 0.25) is 5.91 Å². The number of aromatic nitrogens is 3. The molecule has 3 rings (SSSR count). The summed E-state index contributed by atoms with van der Waals surface area (Å²) in [6.45, 7) is 2.69. The minimum atomic E-state index is -0.438. The predicted octanol–water partition coefficient (Wildman–Crippen LogP) is 3.92. The van der Waals surface area contributed by atoms with E-state index in [2.05, 4.69) is 20.1 Å². The Labute approximate surface area is 149 Å². The lowest BCUT2D eigenvalue weighted by molar-refractivity contribution is -0.115. The Bertz CT molecular complexity index is 752. The average molecular weight is 369 g/mol. The smallest absolute Gasteiger partial charge is 0.237 e. The number of aryl methyl sites for hydroxylation is 1. The second-order valence-electron chi connectivity index (χ2n) is 5.73. The van der Waals surface area contributed by atoms with Gasteiger partial charge in [0.25, 0.3) is 0 Å². The Morgan fingerprint density at radius 3 is 3.00 bits per heavy atom. The molecular formula is C16H18ClFN4OS. The number of hydrogen-bond donors (Lipinski definition) is 1. The number of nitrogens with one attached hydrogen (secondary N) is 1. The first-order valence-corrected chi connectivity index (χ1v) is 9.15. The summed E-state index contributed by atoms with van der Waals surface area (Å²) in [4.78, 5) is 12.4. The van der Waals surface area contributed by atoms with Crippen LogP contribution in [0.4, 0.5) is 10.1 Å². The van der Waals surface area contributed by atoms with Crippen molar-refractivity contribution in [3.05, 3.63) is 34.9 Å². The summed E-state index contributed by atoms with van der Waals surface area (Å²) in [5, 5.41) is 11.7. The zero-order chi connectivity index (χ0) is 17.1. The molecule has 1 amide bonds. The number of nitrogens with zero attached hydrogens (tertiary/aromatic N) is 3. The lowest BCUT2D eigenvalue weighted by Gasteiger charge is -2.13. The molecule has 128 valence electrons. The Balaban J connectivity index is 1.67. The average Bonchev–Trinajstić information content (AvgIpc) is 2.78. The van der Waals surface area contributed by atoms with Crippen LogP contribution in [0.3, 0.4) is 0 Å². The Morgan fingerprint density at radius 1 is 1.38 bits per heavy atom. The van der Waals surface area contributed by atoms with E-state index in [1.54, 1.807) is 6.92 Å². The normalized spacial score (nSPS) is 15.5. The molecule has 1 atom stereocenters. The van der Waals surface area contributed by atoms with E-state index in [-0.39, 0.29) is 16.2 Å². The summed E-state index contributed by atoms with van der Waals surface area (Å²) in [7, 11) is 0. The van der Waals surface area contributed by atoms with E-state index in [0.717, 1.165) is 36.8 Å². The first kappa shape index (κ1) is 17.2. The maximum Gasteiger partial charge on any atom is 0.237 e. The number of thioether (sulfide) groups is 1. The second kappa shape index (κ2) is 7.53. The fourth-order valence-electron chi connectivity index (χ4n) is 2.58. The minimum absolute atomic E-state index is 0.178. The summed E-state index contributed by atoms with van der Waals surface area (Å²) in [5.41, 5.74) is 0.399. The van der Waals surface area contributed by atoms with Crippen LogP contribution in [-0.2, 0) is 17.8 Å². The largest absolute Gasteiger partial charge is 0.324 e. The zero-order valence-electron chi connectivity index (χ0n) is 13.3. The Hall–Kier alpha value is -1.60. The highest BCUT2D eigenvalue weighted by molar-refractivity contribution is 8.00. The van der Waals surface area contributed by atoms with Crippen LogP contribution in [0.1, 0.15) is 32.0 Å². The molecule has 0 saturated carbocycles. The van der Waals surface area contributed by atoms with Crippen molar-refractivity contribution in [2.75, 3.05) is 5.32 Å². The molecule has 0 radical (unpaired) electrons. The van der Waals surface area contributed by atoms with Gasteiger partial charge in [-0.15, -0.1) is 10.2 Å². The first-order valence-electron chi connectivity index (χ1n) is 7.89. The number of rotatable bonds is 4. The molecule has 0 fully saturated rings. The summed E-state index contributed by atoms with van der Waals surface area (Å²) in [5.74, 6) is 0.343. The van der Waals surface area contributed by atoms with Gasteiger partial charge in [-0.1, -0.05) is 29.8 Å². The number of carbonyl (C=O) groups excluding carboxylic acids is 1. The maximum atomic E-state index is 13.1. The van der Waals surface area contributed by atoms with Crippen LogP contribution in [0.25, 0.3) is 0 Å². The van der Waals surface area contributed by atoms with Gasteiger partial charge in [0.1, 0.15) is 11.6 Å². The maximum absolute atomic E-state index is 13.1.